The van der Waals surface area contributed by atoms with Crippen LogP contribution in [0.3, 0.4) is 0 Å². The van der Waals surface area contributed by atoms with E-state index in [1.807, 2.05) is 0 Å². The summed E-state index contributed by atoms with van der Waals surface area (Å²) in [7, 11) is 6.16. The number of aliphatic carboxylic acids is 1. The van der Waals surface area contributed by atoms with Crippen LogP contribution in [0, 0.1) is 0 Å². The van der Waals surface area contributed by atoms with Crippen LogP contribution in [-0.4, -0.2) is 67.3 Å². The molecule has 0 heterocycles. The minimum Gasteiger partial charge on any atom is -0.480 e. The number of esters is 1. The quantitative estimate of drug-likeness (QED) is 0.0290. The molecule has 0 rings (SSSR count). The van der Waals surface area contributed by atoms with Crippen LogP contribution in [0.25, 0.3) is 0 Å². The molecule has 310 valence electrons. The highest BCUT2D eigenvalue weighted by Gasteiger charge is 2.24. The van der Waals surface area contributed by atoms with Crippen molar-refractivity contribution in [2.75, 3.05) is 27.7 Å². The maximum absolute atomic E-state index is 13.0. The number of ether oxygens (including phenoxy) is 1. The Hall–Kier alpha value is -3.71. The van der Waals surface area contributed by atoms with Crippen molar-refractivity contribution in [3.63, 3.8) is 0 Å². The summed E-state index contributed by atoms with van der Waals surface area (Å²) in [5.41, 5.74) is 0. The molecule has 0 spiro atoms. The molecule has 2 N–H and O–H groups in total. The molecule has 0 saturated heterocycles. The Morgan fingerprint density at radius 3 is 1.49 bits per heavy atom. The fourth-order valence-electron chi connectivity index (χ4n) is 5.59. The SMILES string of the molecule is CC/C=C\C/C=C\C/C=C\C/C=C\C/C=C\CCCC(=O)O[C@H](CCCC/C=C\C/C=C\C/C=C\CCCCC)CC(=O)N[C@H](CCC[N+](C)(C)C)C(=O)O. The number of amides is 1. The second-order valence-electron chi connectivity index (χ2n) is 15.2. The van der Waals surface area contributed by atoms with Crippen molar-refractivity contribution in [2.45, 2.75) is 161 Å². The lowest BCUT2D eigenvalue weighted by Gasteiger charge is -2.25. The molecule has 0 saturated carbocycles. The molecule has 0 aliphatic heterocycles. The fraction of sp³-hybridized carbons (Fsp3) is 0.604. The molecule has 1 amide bonds. The van der Waals surface area contributed by atoms with Crippen LogP contribution in [-0.2, 0) is 19.1 Å². The van der Waals surface area contributed by atoms with Crippen LogP contribution >= 0.6 is 0 Å². The van der Waals surface area contributed by atoms with Gasteiger partial charge in [-0.3, -0.25) is 9.59 Å². The van der Waals surface area contributed by atoms with Crippen molar-refractivity contribution in [3.05, 3.63) is 97.2 Å². The zero-order valence-corrected chi connectivity index (χ0v) is 35.5. The minimum atomic E-state index is -1.04. The molecule has 2 atom stereocenters. The van der Waals surface area contributed by atoms with Gasteiger partial charge < -0.3 is 19.6 Å². The van der Waals surface area contributed by atoms with Crippen LogP contribution in [0.5, 0.6) is 0 Å². The number of carboxylic acids is 1. The number of carbonyl (C=O) groups excluding carboxylic acids is 2. The average molecular weight is 764 g/mol. The van der Waals surface area contributed by atoms with Crippen molar-refractivity contribution >= 4 is 17.8 Å². The molecule has 0 aromatic rings. The van der Waals surface area contributed by atoms with Gasteiger partial charge in [0.15, 0.2) is 0 Å². The van der Waals surface area contributed by atoms with Crippen LogP contribution < -0.4 is 5.32 Å². The third-order valence-corrected chi connectivity index (χ3v) is 8.74. The molecule has 0 aliphatic rings. The van der Waals surface area contributed by atoms with Gasteiger partial charge in [0.1, 0.15) is 12.1 Å². The van der Waals surface area contributed by atoms with E-state index >= 15 is 0 Å². The van der Waals surface area contributed by atoms with Crippen LogP contribution in [0.2, 0.25) is 0 Å². The van der Waals surface area contributed by atoms with Crippen molar-refractivity contribution in [1.29, 1.82) is 0 Å². The summed E-state index contributed by atoms with van der Waals surface area (Å²) in [4.78, 5) is 37.7. The summed E-state index contributed by atoms with van der Waals surface area (Å²) < 4.78 is 6.53. The molecule has 55 heavy (non-hydrogen) atoms. The lowest BCUT2D eigenvalue weighted by molar-refractivity contribution is -0.870. The Kier molecular flexibility index (Phi) is 34.7. The first-order valence-corrected chi connectivity index (χ1v) is 21.3. The lowest BCUT2D eigenvalue weighted by Crippen LogP contribution is -2.43. The first-order valence-electron chi connectivity index (χ1n) is 21.3. The highest BCUT2D eigenvalue weighted by atomic mass is 16.5. The van der Waals surface area contributed by atoms with E-state index in [0.717, 1.165) is 88.1 Å². The number of hydrogen-bond donors (Lipinski definition) is 2. The molecule has 0 bridgehead atoms. The van der Waals surface area contributed by atoms with E-state index in [-0.39, 0.29) is 18.8 Å². The Balaban J connectivity index is 4.75. The summed E-state index contributed by atoms with van der Waals surface area (Å²) >= 11 is 0. The summed E-state index contributed by atoms with van der Waals surface area (Å²) in [5, 5.41) is 12.4. The number of unbranched alkanes of at least 4 members (excludes halogenated alkanes) is 6. The van der Waals surface area contributed by atoms with Crippen molar-refractivity contribution in [1.82, 2.24) is 5.32 Å². The van der Waals surface area contributed by atoms with Gasteiger partial charge in [-0.05, 0) is 109 Å². The summed E-state index contributed by atoms with van der Waals surface area (Å²) in [6.45, 7) is 5.17. The van der Waals surface area contributed by atoms with Crippen molar-refractivity contribution in [2.24, 2.45) is 0 Å². The Morgan fingerprint density at radius 1 is 0.582 bits per heavy atom. The summed E-state index contributed by atoms with van der Waals surface area (Å²) in [5.74, 6) is -1.75. The van der Waals surface area contributed by atoms with Gasteiger partial charge in [0.2, 0.25) is 5.91 Å². The second kappa shape index (κ2) is 37.2. The number of nitrogens with one attached hydrogen (secondary N) is 1. The fourth-order valence-corrected chi connectivity index (χ4v) is 5.59. The van der Waals surface area contributed by atoms with E-state index < -0.39 is 24.0 Å². The molecule has 7 heteroatoms. The highest BCUT2D eigenvalue weighted by molar-refractivity contribution is 5.84. The van der Waals surface area contributed by atoms with Crippen molar-refractivity contribution < 1.29 is 28.7 Å². The van der Waals surface area contributed by atoms with E-state index in [1.54, 1.807) is 0 Å². The Bertz CT molecular complexity index is 1220. The standard InChI is InChI=1S/C48H78N2O5/c1-6-8-10-12-14-16-18-20-22-23-25-27-29-31-33-35-37-41-47(52)55-44(43-46(51)49-45(48(53)54)40-38-42-50(3,4)5)39-36-34-32-30-28-26-24-21-19-17-15-13-11-9-7-2/h8,10,14-17,20-22,24-25,27-28,30-31,33,44-45H,6-7,9,11-13,18-19,23,26,29,32,34-43H2,1-5H3,(H-,49,51,53,54)/p+1/b10-8-,16-14-,17-15-,22-20-,24-21-,27-25-,30-28-,33-31-/t44-,45-/m1/s1. The molecule has 0 aromatic carbocycles. The highest BCUT2D eigenvalue weighted by Crippen LogP contribution is 2.14. The van der Waals surface area contributed by atoms with E-state index in [2.05, 4.69) is 138 Å². The van der Waals surface area contributed by atoms with Crippen molar-refractivity contribution in [3.8, 4) is 0 Å². The molecular weight excluding hydrogens is 685 g/mol. The summed E-state index contributed by atoms with van der Waals surface area (Å²) in [6, 6.07) is -0.958. The molecule has 0 fully saturated rings. The lowest BCUT2D eigenvalue weighted by atomic mass is 10.1. The molecule has 7 nitrogen and oxygen atoms in total. The number of allylic oxidation sites excluding steroid dienone is 16. The topological polar surface area (TPSA) is 92.7 Å². The second-order valence-corrected chi connectivity index (χ2v) is 15.2. The number of hydrogen-bond acceptors (Lipinski definition) is 4. The zero-order chi connectivity index (χ0) is 40.7. The van der Waals surface area contributed by atoms with Gasteiger partial charge >= 0.3 is 11.9 Å². The van der Waals surface area contributed by atoms with E-state index in [9.17, 15) is 19.5 Å². The molecule has 0 radical (unpaired) electrons. The van der Waals surface area contributed by atoms with Gasteiger partial charge in [-0.25, -0.2) is 4.79 Å². The van der Waals surface area contributed by atoms with E-state index in [1.165, 1.54) is 19.3 Å². The third kappa shape index (κ3) is 38.4. The number of quaternary nitrogens is 1. The predicted molar refractivity (Wildman–Crippen MR) is 234 cm³/mol. The first-order chi connectivity index (χ1) is 26.6. The van der Waals surface area contributed by atoms with Gasteiger partial charge in [-0.15, -0.1) is 0 Å². The Morgan fingerprint density at radius 2 is 1.04 bits per heavy atom. The first kappa shape index (κ1) is 51.3. The number of carboxylic acid groups (broad SMARTS) is 1. The minimum absolute atomic E-state index is 0.0344. The third-order valence-electron chi connectivity index (χ3n) is 8.74. The average Bonchev–Trinajstić information content (AvgIpc) is 3.13. The van der Waals surface area contributed by atoms with Gasteiger partial charge in [-0.2, -0.15) is 0 Å². The number of rotatable bonds is 35. The monoisotopic (exact) mass is 764 g/mol. The smallest absolute Gasteiger partial charge is 0.326 e. The molecule has 0 unspecified atom stereocenters. The van der Waals surface area contributed by atoms with Gasteiger partial charge in [0.05, 0.1) is 34.1 Å². The number of carbonyl (C=O) groups is 3. The van der Waals surface area contributed by atoms with E-state index in [4.69, 9.17) is 4.74 Å². The molecule has 0 aromatic heterocycles. The maximum atomic E-state index is 13.0. The number of nitrogens with zero attached hydrogens (tertiary/aromatic N) is 1. The maximum Gasteiger partial charge on any atom is 0.326 e. The molecule has 0 aliphatic carbocycles. The molecular formula is C48H79N2O5+. The van der Waals surface area contributed by atoms with Crippen LogP contribution in [0.4, 0.5) is 0 Å². The van der Waals surface area contributed by atoms with Crippen LogP contribution in [0.15, 0.2) is 97.2 Å². The summed E-state index contributed by atoms with van der Waals surface area (Å²) in [6.07, 6.45) is 51.9. The normalized spacial score (nSPS) is 14.0. The largest absolute Gasteiger partial charge is 0.480 e. The predicted octanol–water partition coefficient (Wildman–Crippen LogP) is 11.9. The Labute approximate surface area is 336 Å². The van der Waals surface area contributed by atoms with Crippen LogP contribution in [0.1, 0.15) is 149 Å². The zero-order valence-electron chi connectivity index (χ0n) is 35.5. The van der Waals surface area contributed by atoms with E-state index in [0.29, 0.717) is 25.7 Å². The van der Waals surface area contributed by atoms with Gasteiger partial charge in [0, 0.05) is 6.42 Å². The van der Waals surface area contributed by atoms with Gasteiger partial charge in [0.25, 0.3) is 0 Å². The van der Waals surface area contributed by atoms with Gasteiger partial charge in [-0.1, -0.05) is 124 Å².